The SMILES string of the molecule is COC(=O)CSc1ccc([NH+]([O-])O)c(SCC(=O)OC)n1. The van der Waals surface area contributed by atoms with Gasteiger partial charge in [-0.2, -0.15) is 5.23 Å². The minimum Gasteiger partial charge on any atom is -0.595 e. The first-order chi connectivity index (χ1) is 9.97. The largest absolute Gasteiger partial charge is 0.595 e. The second-order valence-electron chi connectivity index (χ2n) is 3.54. The standard InChI is InChI=1S/C11H14N2O6S2/c1-18-9(14)5-20-8-4-3-7(13(16)17)11(12-8)21-6-10(15)19-2/h3-4,13,16H,5-6H2,1-2H3. The van der Waals surface area contributed by atoms with Gasteiger partial charge in [-0.15, -0.1) is 0 Å². The Kier molecular flexibility index (Phi) is 7.47. The van der Waals surface area contributed by atoms with Gasteiger partial charge >= 0.3 is 11.9 Å². The molecule has 116 valence electrons. The third-order valence-electron chi connectivity index (χ3n) is 2.19. The minimum absolute atomic E-state index is 0.00804. The van der Waals surface area contributed by atoms with Crippen molar-refractivity contribution in [2.45, 2.75) is 10.1 Å². The van der Waals surface area contributed by atoms with Gasteiger partial charge in [-0.3, -0.25) is 9.59 Å². The van der Waals surface area contributed by atoms with Gasteiger partial charge < -0.3 is 14.7 Å². The Bertz CT molecular complexity index is 511. The summed E-state index contributed by atoms with van der Waals surface area (Å²) in [5, 5.41) is 19.7. The summed E-state index contributed by atoms with van der Waals surface area (Å²) in [5.74, 6) is -0.870. The average molecular weight is 334 g/mol. The molecule has 1 unspecified atom stereocenters. The van der Waals surface area contributed by atoms with E-state index in [-0.39, 0.29) is 22.2 Å². The topological polar surface area (TPSA) is 113 Å². The summed E-state index contributed by atoms with van der Waals surface area (Å²) in [4.78, 5) is 26.3. The predicted molar refractivity (Wildman–Crippen MR) is 75.5 cm³/mol. The Morgan fingerprint density at radius 3 is 2.33 bits per heavy atom. The van der Waals surface area contributed by atoms with Crippen LogP contribution in [0.4, 0.5) is 5.69 Å². The van der Waals surface area contributed by atoms with Crippen molar-refractivity contribution in [1.29, 1.82) is 0 Å². The van der Waals surface area contributed by atoms with Gasteiger partial charge in [0.05, 0.1) is 30.8 Å². The molecule has 0 radical (unpaired) electrons. The molecule has 1 aromatic rings. The second kappa shape index (κ2) is 8.85. The van der Waals surface area contributed by atoms with Crippen LogP contribution in [0, 0.1) is 5.21 Å². The number of hydrogen-bond acceptors (Lipinski definition) is 9. The molecule has 1 rings (SSSR count). The molecular formula is C11H14N2O6S2. The van der Waals surface area contributed by atoms with Crippen LogP contribution in [0.5, 0.6) is 0 Å². The summed E-state index contributed by atoms with van der Waals surface area (Å²) < 4.78 is 9.00. The zero-order valence-corrected chi connectivity index (χ0v) is 13.0. The number of esters is 2. The van der Waals surface area contributed by atoms with Crippen molar-refractivity contribution in [3.8, 4) is 0 Å². The van der Waals surface area contributed by atoms with Crippen molar-refractivity contribution in [2.75, 3.05) is 25.7 Å². The number of aromatic nitrogens is 1. The highest BCUT2D eigenvalue weighted by Crippen LogP contribution is 2.26. The third kappa shape index (κ3) is 5.89. The van der Waals surface area contributed by atoms with E-state index in [4.69, 9.17) is 5.21 Å². The van der Waals surface area contributed by atoms with E-state index >= 15 is 0 Å². The number of methoxy groups -OCH3 is 2. The summed E-state index contributed by atoms with van der Waals surface area (Å²) in [6.45, 7) is 0. The molecule has 2 N–H and O–H groups in total. The van der Waals surface area contributed by atoms with Crippen LogP contribution in [-0.2, 0) is 19.1 Å². The summed E-state index contributed by atoms with van der Waals surface area (Å²) in [6, 6.07) is 2.88. The first-order valence-electron chi connectivity index (χ1n) is 5.61. The van der Waals surface area contributed by atoms with E-state index in [0.717, 1.165) is 23.5 Å². The van der Waals surface area contributed by atoms with E-state index in [0.29, 0.717) is 5.03 Å². The molecule has 21 heavy (non-hydrogen) atoms. The van der Waals surface area contributed by atoms with Crippen LogP contribution in [0.25, 0.3) is 0 Å². The fourth-order valence-corrected chi connectivity index (χ4v) is 2.76. The van der Waals surface area contributed by atoms with Gasteiger partial charge in [-0.25, -0.2) is 10.2 Å². The Hall–Kier alpha value is -1.33. The lowest BCUT2D eigenvalue weighted by molar-refractivity contribution is -0.992. The maximum absolute atomic E-state index is 11.1. The van der Waals surface area contributed by atoms with Gasteiger partial charge in [-0.1, -0.05) is 23.5 Å². The normalized spacial score (nSPS) is 11.8. The van der Waals surface area contributed by atoms with E-state index < -0.39 is 17.2 Å². The highest BCUT2D eigenvalue weighted by atomic mass is 32.2. The number of nitrogens with one attached hydrogen (secondary N) is 1. The van der Waals surface area contributed by atoms with E-state index in [9.17, 15) is 14.8 Å². The molecule has 0 fully saturated rings. The third-order valence-corrected chi connectivity index (χ3v) is 4.05. The molecule has 0 aromatic carbocycles. The molecule has 0 amide bonds. The van der Waals surface area contributed by atoms with Crippen molar-refractivity contribution in [3.63, 3.8) is 0 Å². The molecule has 0 aliphatic carbocycles. The molecule has 10 heteroatoms. The molecule has 1 heterocycles. The molecule has 1 atom stereocenters. The fraction of sp³-hybridized carbons (Fsp3) is 0.364. The van der Waals surface area contributed by atoms with Crippen LogP contribution in [0.1, 0.15) is 0 Å². The van der Waals surface area contributed by atoms with Crippen LogP contribution < -0.4 is 5.23 Å². The zero-order chi connectivity index (χ0) is 15.8. The molecule has 0 aliphatic rings. The van der Waals surface area contributed by atoms with Crippen LogP contribution in [0.15, 0.2) is 22.2 Å². The van der Waals surface area contributed by atoms with Crippen molar-refractivity contribution in [1.82, 2.24) is 4.98 Å². The quantitative estimate of drug-likeness (QED) is 0.404. The zero-order valence-electron chi connectivity index (χ0n) is 11.3. The lowest BCUT2D eigenvalue weighted by Crippen LogP contribution is -2.99. The van der Waals surface area contributed by atoms with E-state index in [1.807, 2.05) is 0 Å². The highest BCUT2D eigenvalue weighted by molar-refractivity contribution is 8.00. The van der Waals surface area contributed by atoms with Crippen LogP contribution in [0.2, 0.25) is 0 Å². The number of thioether (sulfide) groups is 2. The van der Waals surface area contributed by atoms with E-state index in [2.05, 4.69) is 14.5 Å². The van der Waals surface area contributed by atoms with Gasteiger partial charge in [-0.05, 0) is 6.07 Å². The van der Waals surface area contributed by atoms with E-state index in [1.54, 1.807) is 0 Å². The number of carbonyl (C=O) groups excluding carboxylic acids is 2. The molecule has 0 saturated heterocycles. The predicted octanol–water partition coefficient (Wildman–Crippen LogP) is 0.0152. The Labute approximate surface area is 129 Å². The molecule has 0 bridgehead atoms. The summed E-state index contributed by atoms with van der Waals surface area (Å²) in [5.41, 5.74) is -0.00804. The van der Waals surface area contributed by atoms with Gasteiger partial charge in [0.1, 0.15) is 0 Å². The minimum atomic E-state index is -1.14. The molecule has 0 saturated carbocycles. The van der Waals surface area contributed by atoms with Crippen molar-refractivity contribution in [3.05, 3.63) is 17.3 Å². The summed E-state index contributed by atoms with van der Waals surface area (Å²) in [6.07, 6.45) is 0. The van der Waals surface area contributed by atoms with Crippen molar-refractivity contribution in [2.24, 2.45) is 0 Å². The fourth-order valence-electron chi connectivity index (χ4n) is 1.15. The molecule has 0 spiro atoms. The maximum Gasteiger partial charge on any atom is 0.316 e. The molecular weight excluding hydrogens is 320 g/mol. The van der Waals surface area contributed by atoms with Crippen molar-refractivity contribution < 1.29 is 29.5 Å². The lowest BCUT2D eigenvalue weighted by atomic mass is 10.4. The number of ether oxygens (including phenoxy) is 2. The Morgan fingerprint density at radius 1 is 1.24 bits per heavy atom. The van der Waals surface area contributed by atoms with Crippen LogP contribution in [-0.4, -0.2) is 47.9 Å². The van der Waals surface area contributed by atoms with Gasteiger partial charge in [0.15, 0.2) is 10.7 Å². The van der Waals surface area contributed by atoms with Gasteiger partial charge in [0.25, 0.3) is 0 Å². The summed E-state index contributed by atoms with van der Waals surface area (Å²) >= 11 is 2.09. The number of hydrogen-bond donors (Lipinski definition) is 2. The number of pyridine rings is 1. The van der Waals surface area contributed by atoms with E-state index in [1.165, 1.54) is 26.4 Å². The van der Waals surface area contributed by atoms with Crippen LogP contribution >= 0.6 is 23.5 Å². The van der Waals surface area contributed by atoms with Gasteiger partial charge in [0.2, 0.25) is 0 Å². The molecule has 8 nitrogen and oxygen atoms in total. The number of nitrogens with zero attached hydrogens (tertiary/aromatic N) is 1. The van der Waals surface area contributed by atoms with Gasteiger partial charge in [0, 0.05) is 6.07 Å². The molecule has 1 aromatic heterocycles. The monoisotopic (exact) mass is 334 g/mol. The number of carbonyl (C=O) groups is 2. The van der Waals surface area contributed by atoms with Crippen molar-refractivity contribution >= 4 is 41.1 Å². The highest BCUT2D eigenvalue weighted by Gasteiger charge is 2.15. The summed E-state index contributed by atoms with van der Waals surface area (Å²) in [7, 11) is 2.53. The smallest absolute Gasteiger partial charge is 0.316 e. The lowest BCUT2D eigenvalue weighted by Gasteiger charge is -2.15. The van der Waals surface area contributed by atoms with Crippen LogP contribution in [0.3, 0.4) is 0 Å². The number of quaternary nitrogens is 1. The second-order valence-corrected chi connectivity index (χ2v) is 5.50. The maximum atomic E-state index is 11.1. The first-order valence-corrected chi connectivity index (χ1v) is 7.58. The Morgan fingerprint density at radius 2 is 1.81 bits per heavy atom. The first kappa shape index (κ1) is 17.7. The average Bonchev–Trinajstić information content (AvgIpc) is 2.49. The Balaban J connectivity index is 2.84. The number of rotatable bonds is 7. The molecule has 0 aliphatic heterocycles.